The zero-order valence-corrected chi connectivity index (χ0v) is 15.4. The van der Waals surface area contributed by atoms with E-state index < -0.39 is 5.82 Å². The molecule has 6 nitrogen and oxygen atoms in total. The molecule has 1 aromatic heterocycles. The minimum Gasteiger partial charge on any atom is -0.341 e. The van der Waals surface area contributed by atoms with E-state index in [0.29, 0.717) is 25.0 Å². The zero-order valence-electron chi connectivity index (χ0n) is 15.4. The van der Waals surface area contributed by atoms with E-state index >= 15 is 0 Å². The normalized spacial score (nSPS) is 14.8. The Morgan fingerprint density at radius 1 is 1.11 bits per heavy atom. The first-order chi connectivity index (χ1) is 13.2. The number of piperidine rings is 1. The molecule has 1 aromatic carbocycles. The van der Waals surface area contributed by atoms with Crippen molar-refractivity contribution in [3.05, 3.63) is 54.1 Å². The Morgan fingerprint density at radius 2 is 1.81 bits per heavy atom. The lowest BCUT2D eigenvalue weighted by atomic mass is 9.97. The van der Waals surface area contributed by atoms with Gasteiger partial charge in [-0.25, -0.2) is 19.2 Å². The largest absolute Gasteiger partial charge is 0.341 e. The maximum Gasteiger partial charge on any atom is 0.314 e. The standard InChI is InChI=1S/C20H26FN5O/c21-18-14-23-19(24-15-18)26-11-8-17(9-12-26)13-25-20(27)22-10-4-7-16-5-2-1-3-6-16/h1-3,5-6,14-15,17H,4,7-13H2,(H2,22,25,27). The Bertz CT molecular complexity index is 702. The molecule has 0 unspecified atom stereocenters. The van der Waals surface area contributed by atoms with Gasteiger partial charge in [-0.2, -0.15) is 0 Å². The summed E-state index contributed by atoms with van der Waals surface area (Å²) < 4.78 is 12.9. The van der Waals surface area contributed by atoms with Gasteiger partial charge in [-0.1, -0.05) is 30.3 Å². The van der Waals surface area contributed by atoms with Crippen molar-refractivity contribution in [3.63, 3.8) is 0 Å². The highest BCUT2D eigenvalue weighted by atomic mass is 19.1. The van der Waals surface area contributed by atoms with Crippen LogP contribution in [-0.2, 0) is 6.42 Å². The number of nitrogens with zero attached hydrogens (tertiary/aromatic N) is 3. The maximum atomic E-state index is 12.9. The summed E-state index contributed by atoms with van der Waals surface area (Å²) in [5, 5.41) is 5.88. The molecule has 0 spiro atoms. The molecule has 7 heteroatoms. The van der Waals surface area contributed by atoms with Gasteiger partial charge in [-0.3, -0.25) is 0 Å². The summed E-state index contributed by atoms with van der Waals surface area (Å²) in [7, 11) is 0. The van der Waals surface area contributed by atoms with E-state index in [1.165, 1.54) is 18.0 Å². The van der Waals surface area contributed by atoms with Gasteiger partial charge >= 0.3 is 6.03 Å². The van der Waals surface area contributed by atoms with Crippen LogP contribution in [0, 0.1) is 11.7 Å². The average Bonchev–Trinajstić information content (AvgIpc) is 2.71. The molecule has 1 aliphatic heterocycles. The van der Waals surface area contributed by atoms with Gasteiger partial charge in [0.25, 0.3) is 0 Å². The fourth-order valence-corrected chi connectivity index (χ4v) is 3.24. The molecule has 0 saturated carbocycles. The second-order valence-corrected chi connectivity index (χ2v) is 6.86. The molecule has 0 atom stereocenters. The summed E-state index contributed by atoms with van der Waals surface area (Å²) >= 11 is 0. The molecule has 0 radical (unpaired) electrons. The van der Waals surface area contributed by atoms with Gasteiger partial charge in [-0.05, 0) is 37.2 Å². The van der Waals surface area contributed by atoms with Crippen molar-refractivity contribution in [2.24, 2.45) is 5.92 Å². The van der Waals surface area contributed by atoms with Crippen LogP contribution >= 0.6 is 0 Å². The van der Waals surface area contributed by atoms with Crippen LogP contribution in [0.5, 0.6) is 0 Å². The zero-order chi connectivity index (χ0) is 18.9. The minimum atomic E-state index is -0.424. The van der Waals surface area contributed by atoms with E-state index in [-0.39, 0.29) is 6.03 Å². The predicted molar refractivity (Wildman–Crippen MR) is 103 cm³/mol. The highest BCUT2D eigenvalue weighted by Gasteiger charge is 2.21. The number of nitrogens with one attached hydrogen (secondary N) is 2. The first-order valence-corrected chi connectivity index (χ1v) is 9.49. The molecule has 0 bridgehead atoms. The molecule has 1 saturated heterocycles. The molecular formula is C20H26FN5O. The number of carbonyl (C=O) groups is 1. The van der Waals surface area contributed by atoms with Crippen LogP contribution in [0.3, 0.4) is 0 Å². The quantitative estimate of drug-likeness (QED) is 0.735. The molecule has 1 aliphatic rings. The fraction of sp³-hybridized carbons (Fsp3) is 0.450. The Kier molecular flexibility index (Phi) is 6.96. The van der Waals surface area contributed by atoms with Gasteiger partial charge in [0.05, 0.1) is 12.4 Å². The number of carbonyl (C=O) groups excluding carboxylic acids is 1. The van der Waals surface area contributed by atoms with E-state index in [4.69, 9.17) is 0 Å². The van der Waals surface area contributed by atoms with Crippen molar-refractivity contribution in [2.45, 2.75) is 25.7 Å². The number of aromatic nitrogens is 2. The number of amides is 2. The fourth-order valence-electron chi connectivity index (χ4n) is 3.24. The molecular weight excluding hydrogens is 345 g/mol. The van der Waals surface area contributed by atoms with E-state index in [2.05, 4.69) is 37.6 Å². The van der Waals surface area contributed by atoms with Gasteiger partial charge in [0.2, 0.25) is 5.95 Å². The van der Waals surface area contributed by atoms with Crippen molar-refractivity contribution in [1.29, 1.82) is 0 Å². The SMILES string of the molecule is O=C(NCCCc1ccccc1)NCC1CCN(c2ncc(F)cn2)CC1. The summed E-state index contributed by atoms with van der Waals surface area (Å²) in [6.07, 6.45) is 6.18. The van der Waals surface area contributed by atoms with Crippen LogP contribution in [-0.4, -0.2) is 42.2 Å². The number of anilines is 1. The van der Waals surface area contributed by atoms with Gasteiger partial charge < -0.3 is 15.5 Å². The van der Waals surface area contributed by atoms with E-state index in [0.717, 1.165) is 38.8 Å². The van der Waals surface area contributed by atoms with Crippen LogP contribution < -0.4 is 15.5 Å². The highest BCUT2D eigenvalue weighted by molar-refractivity contribution is 5.73. The summed E-state index contributed by atoms with van der Waals surface area (Å²) in [5.41, 5.74) is 1.29. The second-order valence-electron chi connectivity index (χ2n) is 6.86. The second kappa shape index (κ2) is 9.85. The molecule has 2 aromatic rings. The number of aryl methyl sites for hydroxylation is 1. The number of benzene rings is 1. The van der Waals surface area contributed by atoms with Crippen molar-refractivity contribution >= 4 is 12.0 Å². The average molecular weight is 371 g/mol. The molecule has 27 heavy (non-hydrogen) atoms. The summed E-state index contributed by atoms with van der Waals surface area (Å²) in [4.78, 5) is 22.0. The van der Waals surface area contributed by atoms with Gasteiger partial charge in [0.15, 0.2) is 5.82 Å². The molecule has 3 rings (SSSR count). The molecule has 2 N–H and O–H groups in total. The monoisotopic (exact) mass is 371 g/mol. The summed E-state index contributed by atoms with van der Waals surface area (Å²) in [6, 6.07) is 10.2. The van der Waals surface area contributed by atoms with Gasteiger partial charge in [0.1, 0.15) is 0 Å². The van der Waals surface area contributed by atoms with Crippen molar-refractivity contribution in [1.82, 2.24) is 20.6 Å². The lowest BCUT2D eigenvalue weighted by Gasteiger charge is -2.31. The Labute approximate surface area is 159 Å². The van der Waals surface area contributed by atoms with Crippen LogP contribution in [0.4, 0.5) is 15.1 Å². The Morgan fingerprint density at radius 3 is 2.52 bits per heavy atom. The van der Waals surface area contributed by atoms with Crippen molar-refractivity contribution in [2.75, 3.05) is 31.1 Å². The third-order valence-corrected chi connectivity index (χ3v) is 4.83. The molecule has 1 fully saturated rings. The van der Waals surface area contributed by atoms with E-state index in [9.17, 15) is 9.18 Å². The molecule has 0 aliphatic carbocycles. The number of hydrogen-bond acceptors (Lipinski definition) is 4. The van der Waals surface area contributed by atoms with Crippen LogP contribution in [0.15, 0.2) is 42.7 Å². The number of halogens is 1. The van der Waals surface area contributed by atoms with Crippen LogP contribution in [0.2, 0.25) is 0 Å². The van der Waals surface area contributed by atoms with Crippen molar-refractivity contribution < 1.29 is 9.18 Å². The lowest BCUT2D eigenvalue weighted by molar-refractivity contribution is 0.237. The predicted octanol–water partition coefficient (Wildman–Crippen LogP) is 2.76. The summed E-state index contributed by atoms with van der Waals surface area (Å²) in [6.45, 7) is 2.97. The van der Waals surface area contributed by atoms with Gasteiger partial charge in [-0.15, -0.1) is 0 Å². The third-order valence-electron chi connectivity index (χ3n) is 4.83. The smallest absolute Gasteiger partial charge is 0.314 e. The van der Waals surface area contributed by atoms with Crippen LogP contribution in [0.1, 0.15) is 24.8 Å². The first kappa shape index (κ1) is 19.1. The minimum absolute atomic E-state index is 0.104. The summed E-state index contributed by atoms with van der Waals surface area (Å²) in [5.74, 6) is 0.586. The Hall–Kier alpha value is -2.70. The maximum absolute atomic E-state index is 12.9. The Balaban J connectivity index is 1.28. The van der Waals surface area contributed by atoms with Crippen LogP contribution in [0.25, 0.3) is 0 Å². The first-order valence-electron chi connectivity index (χ1n) is 9.49. The number of urea groups is 1. The molecule has 2 heterocycles. The van der Waals surface area contributed by atoms with E-state index in [1.807, 2.05) is 18.2 Å². The lowest BCUT2D eigenvalue weighted by Crippen LogP contribution is -2.42. The third kappa shape index (κ3) is 6.20. The van der Waals surface area contributed by atoms with Crippen molar-refractivity contribution in [3.8, 4) is 0 Å². The molecule has 144 valence electrons. The number of hydrogen-bond donors (Lipinski definition) is 2. The van der Waals surface area contributed by atoms with Gasteiger partial charge in [0, 0.05) is 26.2 Å². The topological polar surface area (TPSA) is 70.2 Å². The van der Waals surface area contributed by atoms with E-state index in [1.54, 1.807) is 0 Å². The molecule has 2 amide bonds. The highest BCUT2D eigenvalue weighted by Crippen LogP contribution is 2.19. The number of rotatable bonds is 7.